The summed E-state index contributed by atoms with van der Waals surface area (Å²) in [5, 5.41) is 8.90. The number of nitrogens with two attached hydrogens (primary N) is 1. The molecule has 0 spiro atoms. The summed E-state index contributed by atoms with van der Waals surface area (Å²) in [5.74, 6) is -0.136. The number of rotatable bonds is 2. The molecule has 2 heterocycles. The quantitative estimate of drug-likeness (QED) is 0.671. The van der Waals surface area contributed by atoms with Crippen LogP contribution in [0.4, 0.5) is 5.69 Å². The Balaban J connectivity index is 2.40. The average Bonchev–Trinajstić information content (AvgIpc) is 2.25. The van der Waals surface area contributed by atoms with E-state index in [2.05, 4.69) is 4.98 Å². The molecule has 0 fully saturated rings. The molecular weight excluding hydrogens is 194 g/mol. The van der Waals surface area contributed by atoms with Crippen molar-refractivity contribution in [1.29, 1.82) is 0 Å². The van der Waals surface area contributed by atoms with Gasteiger partial charge in [-0.2, -0.15) is 0 Å². The summed E-state index contributed by atoms with van der Waals surface area (Å²) in [5.41, 5.74) is 7.48. The Morgan fingerprint density at radius 1 is 1.67 bits per heavy atom. The van der Waals surface area contributed by atoms with Gasteiger partial charge in [-0.25, -0.2) is 0 Å². The Morgan fingerprint density at radius 3 is 3.20 bits per heavy atom. The summed E-state index contributed by atoms with van der Waals surface area (Å²) in [6.45, 7) is 0.212. The Hall–Kier alpha value is -1.46. The van der Waals surface area contributed by atoms with E-state index < -0.39 is 6.04 Å². The highest BCUT2D eigenvalue weighted by atomic mass is 16.3. The predicted molar refractivity (Wildman–Crippen MR) is 55.4 cm³/mol. The van der Waals surface area contributed by atoms with E-state index >= 15 is 0 Å². The number of amides is 1. The van der Waals surface area contributed by atoms with E-state index in [4.69, 9.17) is 10.8 Å². The lowest BCUT2D eigenvalue weighted by Gasteiger charge is -2.31. The van der Waals surface area contributed by atoms with Gasteiger partial charge in [0.25, 0.3) is 0 Å². The molecule has 0 aliphatic carbocycles. The largest absolute Gasteiger partial charge is 0.395 e. The molecule has 80 valence electrons. The molecule has 0 saturated carbocycles. The molecule has 5 nitrogen and oxygen atoms in total. The molecule has 1 unspecified atom stereocenters. The van der Waals surface area contributed by atoms with Crippen LogP contribution < -0.4 is 10.6 Å². The zero-order valence-electron chi connectivity index (χ0n) is 8.26. The van der Waals surface area contributed by atoms with Crippen LogP contribution in [0.5, 0.6) is 0 Å². The first-order chi connectivity index (χ1) is 7.24. The van der Waals surface area contributed by atoms with Crippen LogP contribution >= 0.6 is 0 Å². The SMILES string of the molecule is NC1Cc2cnccc2N(CCO)C1=O. The first kappa shape index (κ1) is 10.1. The minimum absolute atomic E-state index is 0.0692. The first-order valence-corrected chi connectivity index (χ1v) is 4.84. The Labute approximate surface area is 87.5 Å². The van der Waals surface area contributed by atoms with Gasteiger partial charge in [0, 0.05) is 25.4 Å². The van der Waals surface area contributed by atoms with E-state index in [1.54, 1.807) is 18.5 Å². The minimum atomic E-state index is -0.520. The van der Waals surface area contributed by atoms with Gasteiger partial charge in [0.2, 0.25) is 5.91 Å². The highest BCUT2D eigenvalue weighted by Crippen LogP contribution is 2.25. The van der Waals surface area contributed by atoms with Crippen molar-refractivity contribution in [3.63, 3.8) is 0 Å². The van der Waals surface area contributed by atoms with Crippen molar-refractivity contribution < 1.29 is 9.90 Å². The number of nitrogens with zero attached hydrogens (tertiary/aromatic N) is 2. The van der Waals surface area contributed by atoms with Crippen molar-refractivity contribution in [2.45, 2.75) is 12.5 Å². The van der Waals surface area contributed by atoms with Crippen LogP contribution in [0.25, 0.3) is 0 Å². The van der Waals surface area contributed by atoms with Crippen LogP contribution in [-0.2, 0) is 11.2 Å². The molecule has 5 heteroatoms. The topological polar surface area (TPSA) is 79.4 Å². The summed E-state index contributed by atoms with van der Waals surface area (Å²) >= 11 is 0. The van der Waals surface area contributed by atoms with E-state index in [-0.39, 0.29) is 19.1 Å². The van der Waals surface area contributed by atoms with Gasteiger partial charge in [0.15, 0.2) is 0 Å². The van der Waals surface area contributed by atoms with E-state index in [0.717, 1.165) is 11.3 Å². The number of aliphatic hydroxyl groups is 1. The van der Waals surface area contributed by atoms with Crippen LogP contribution in [0.15, 0.2) is 18.5 Å². The van der Waals surface area contributed by atoms with Crippen molar-refractivity contribution in [3.8, 4) is 0 Å². The monoisotopic (exact) mass is 207 g/mol. The predicted octanol–water partition coefficient (Wildman–Crippen LogP) is -0.710. The second-order valence-electron chi connectivity index (χ2n) is 3.53. The number of aromatic nitrogens is 1. The molecule has 15 heavy (non-hydrogen) atoms. The van der Waals surface area contributed by atoms with Crippen molar-refractivity contribution in [1.82, 2.24) is 4.98 Å². The maximum Gasteiger partial charge on any atom is 0.244 e. The number of carbonyl (C=O) groups excluding carboxylic acids is 1. The van der Waals surface area contributed by atoms with Gasteiger partial charge in [0.1, 0.15) is 0 Å². The second kappa shape index (κ2) is 3.96. The molecule has 3 N–H and O–H groups in total. The number of anilines is 1. The summed E-state index contributed by atoms with van der Waals surface area (Å²) in [6, 6.07) is 1.25. The minimum Gasteiger partial charge on any atom is -0.395 e. The molecule has 1 aliphatic heterocycles. The summed E-state index contributed by atoms with van der Waals surface area (Å²) in [4.78, 5) is 17.3. The van der Waals surface area contributed by atoms with Gasteiger partial charge < -0.3 is 15.7 Å². The lowest BCUT2D eigenvalue weighted by molar-refractivity contribution is -0.120. The normalized spacial score (nSPS) is 20.3. The fourth-order valence-corrected chi connectivity index (χ4v) is 1.81. The third-order valence-corrected chi connectivity index (χ3v) is 2.52. The molecule has 1 aliphatic rings. The zero-order chi connectivity index (χ0) is 10.8. The highest BCUT2D eigenvalue weighted by molar-refractivity contribution is 5.99. The summed E-state index contributed by atoms with van der Waals surface area (Å²) in [6.07, 6.45) is 3.86. The van der Waals surface area contributed by atoms with Crippen LogP contribution in [-0.4, -0.2) is 35.2 Å². The van der Waals surface area contributed by atoms with Gasteiger partial charge in [-0.1, -0.05) is 0 Å². The molecule has 0 saturated heterocycles. The van der Waals surface area contributed by atoms with E-state index in [1.807, 2.05) is 0 Å². The van der Waals surface area contributed by atoms with Gasteiger partial charge >= 0.3 is 0 Å². The standard InChI is InChI=1S/C10H13N3O2/c11-8-5-7-6-12-2-1-9(7)13(3-4-14)10(8)15/h1-2,6,8,14H,3-5,11H2. The number of aliphatic hydroxyl groups excluding tert-OH is 1. The molecule has 0 aromatic carbocycles. The molecule has 0 radical (unpaired) electrons. The molecular formula is C10H13N3O2. The number of pyridine rings is 1. The molecule has 1 amide bonds. The van der Waals surface area contributed by atoms with Crippen molar-refractivity contribution in [3.05, 3.63) is 24.0 Å². The third kappa shape index (κ3) is 1.71. The molecule has 1 atom stereocenters. The van der Waals surface area contributed by atoms with Crippen LogP contribution in [0, 0.1) is 0 Å². The number of β-amino-alcohol motifs (C(OH)–C–C–N with tert-alkyl or cyclic N) is 1. The number of hydrogen-bond donors (Lipinski definition) is 2. The van der Waals surface area contributed by atoms with E-state index in [9.17, 15) is 4.79 Å². The first-order valence-electron chi connectivity index (χ1n) is 4.84. The van der Waals surface area contributed by atoms with Crippen LogP contribution in [0.3, 0.4) is 0 Å². The average molecular weight is 207 g/mol. The lowest BCUT2D eigenvalue weighted by atomic mass is 10.00. The number of hydrogen-bond acceptors (Lipinski definition) is 4. The summed E-state index contributed by atoms with van der Waals surface area (Å²) < 4.78 is 0. The van der Waals surface area contributed by atoms with Crippen molar-refractivity contribution in [2.75, 3.05) is 18.1 Å². The van der Waals surface area contributed by atoms with E-state index in [0.29, 0.717) is 6.42 Å². The molecule has 1 aromatic rings. The fraction of sp³-hybridized carbons (Fsp3) is 0.400. The summed E-state index contributed by atoms with van der Waals surface area (Å²) in [7, 11) is 0. The van der Waals surface area contributed by atoms with E-state index in [1.165, 1.54) is 4.90 Å². The highest BCUT2D eigenvalue weighted by Gasteiger charge is 2.29. The van der Waals surface area contributed by atoms with Crippen molar-refractivity contribution in [2.24, 2.45) is 5.73 Å². The number of fused-ring (bicyclic) bond motifs is 1. The molecule has 1 aromatic heterocycles. The Bertz CT molecular complexity index is 381. The number of carbonyl (C=O) groups is 1. The van der Waals surface area contributed by atoms with Gasteiger partial charge in [-0.15, -0.1) is 0 Å². The Kier molecular flexibility index (Phi) is 2.66. The smallest absolute Gasteiger partial charge is 0.244 e. The third-order valence-electron chi connectivity index (χ3n) is 2.52. The Morgan fingerprint density at radius 2 is 2.47 bits per heavy atom. The molecule has 0 bridgehead atoms. The van der Waals surface area contributed by atoms with Gasteiger partial charge in [0.05, 0.1) is 18.3 Å². The molecule has 2 rings (SSSR count). The van der Waals surface area contributed by atoms with Gasteiger partial charge in [-0.05, 0) is 11.6 Å². The van der Waals surface area contributed by atoms with Crippen LogP contribution in [0.2, 0.25) is 0 Å². The van der Waals surface area contributed by atoms with Crippen molar-refractivity contribution >= 4 is 11.6 Å². The second-order valence-corrected chi connectivity index (χ2v) is 3.53. The fourth-order valence-electron chi connectivity index (χ4n) is 1.81. The lowest BCUT2D eigenvalue weighted by Crippen LogP contribution is -2.49. The van der Waals surface area contributed by atoms with Gasteiger partial charge in [-0.3, -0.25) is 9.78 Å². The maximum absolute atomic E-state index is 11.7. The zero-order valence-corrected chi connectivity index (χ0v) is 8.26. The maximum atomic E-state index is 11.7. The van der Waals surface area contributed by atoms with Crippen LogP contribution in [0.1, 0.15) is 5.56 Å².